The van der Waals surface area contributed by atoms with Gasteiger partial charge < -0.3 is 9.67 Å². The van der Waals surface area contributed by atoms with E-state index < -0.39 is 5.97 Å². The highest BCUT2D eigenvalue weighted by atomic mass is 16.4. The molecule has 0 spiro atoms. The summed E-state index contributed by atoms with van der Waals surface area (Å²) >= 11 is 0. The molecule has 0 radical (unpaired) electrons. The first-order valence-corrected chi connectivity index (χ1v) is 5.04. The average Bonchev–Trinajstić information content (AvgIpc) is 2.71. The van der Waals surface area contributed by atoms with E-state index in [9.17, 15) is 4.79 Å². The summed E-state index contributed by atoms with van der Waals surface area (Å²) in [5, 5.41) is 17.6. The number of aromatic carboxylic acids is 1. The molecule has 0 saturated heterocycles. The molecule has 0 aliphatic carbocycles. The van der Waals surface area contributed by atoms with E-state index in [0.29, 0.717) is 5.56 Å². The van der Waals surface area contributed by atoms with Crippen molar-refractivity contribution in [2.24, 2.45) is 0 Å². The third-order valence-electron chi connectivity index (χ3n) is 2.53. The fourth-order valence-corrected chi connectivity index (χ4v) is 1.68. The van der Waals surface area contributed by atoms with Gasteiger partial charge in [0, 0.05) is 17.6 Å². The molecule has 0 aliphatic heterocycles. The molecule has 84 valence electrons. The van der Waals surface area contributed by atoms with Crippen LogP contribution >= 0.6 is 0 Å². The van der Waals surface area contributed by atoms with Gasteiger partial charge in [0.15, 0.2) is 0 Å². The van der Waals surface area contributed by atoms with Crippen molar-refractivity contribution in [1.82, 2.24) is 4.57 Å². The van der Waals surface area contributed by atoms with Crippen molar-refractivity contribution in [3.8, 4) is 11.8 Å². The number of rotatable bonds is 2. The minimum Gasteiger partial charge on any atom is -0.478 e. The highest BCUT2D eigenvalue weighted by molar-refractivity contribution is 5.87. The zero-order chi connectivity index (χ0) is 12.4. The number of carboxylic acids is 1. The minimum atomic E-state index is -0.946. The standard InChI is InChI=1S/C13H10N2O2/c1-9-6-10(7-14)8-15(9)12-4-2-11(3-5-12)13(16)17/h2-6,8H,1H3,(H,16,17). The maximum Gasteiger partial charge on any atom is 0.335 e. The van der Waals surface area contributed by atoms with E-state index in [1.54, 1.807) is 36.5 Å². The lowest BCUT2D eigenvalue weighted by Crippen LogP contribution is -1.98. The molecule has 1 N–H and O–H groups in total. The smallest absolute Gasteiger partial charge is 0.335 e. The molecule has 0 aliphatic rings. The van der Waals surface area contributed by atoms with Crippen molar-refractivity contribution in [3.05, 3.63) is 53.3 Å². The summed E-state index contributed by atoms with van der Waals surface area (Å²) in [6.45, 7) is 1.89. The number of aryl methyl sites for hydroxylation is 1. The highest BCUT2D eigenvalue weighted by Crippen LogP contribution is 2.15. The van der Waals surface area contributed by atoms with Gasteiger partial charge in [-0.25, -0.2) is 4.79 Å². The molecule has 0 amide bonds. The first-order valence-electron chi connectivity index (χ1n) is 5.04. The Morgan fingerprint density at radius 2 is 2.00 bits per heavy atom. The Balaban J connectivity index is 2.43. The van der Waals surface area contributed by atoms with Crippen LogP contribution in [0.2, 0.25) is 0 Å². The Labute approximate surface area is 98.4 Å². The van der Waals surface area contributed by atoms with Crippen LogP contribution in [0.25, 0.3) is 5.69 Å². The zero-order valence-electron chi connectivity index (χ0n) is 9.21. The van der Waals surface area contributed by atoms with Crippen LogP contribution in [0.3, 0.4) is 0 Å². The molecular weight excluding hydrogens is 216 g/mol. The van der Waals surface area contributed by atoms with Gasteiger partial charge in [0.25, 0.3) is 0 Å². The van der Waals surface area contributed by atoms with Crippen molar-refractivity contribution in [1.29, 1.82) is 5.26 Å². The lowest BCUT2D eigenvalue weighted by atomic mass is 10.2. The summed E-state index contributed by atoms with van der Waals surface area (Å²) in [5.74, 6) is -0.946. The molecule has 1 aromatic heterocycles. The van der Waals surface area contributed by atoms with Crippen molar-refractivity contribution < 1.29 is 9.90 Å². The Kier molecular flexibility index (Phi) is 2.67. The third-order valence-corrected chi connectivity index (χ3v) is 2.53. The minimum absolute atomic E-state index is 0.249. The summed E-state index contributed by atoms with van der Waals surface area (Å²) in [7, 11) is 0. The van der Waals surface area contributed by atoms with Gasteiger partial charge in [0.2, 0.25) is 0 Å². The Morgan fingerprint density at radius 1 is 1.35 bits per heavy atom. The van der Waals surface area contributed by atoms with Crippen LogP contribution in [-0.4, -0.2) is 15.6 Å². The molecule has 0 fully saturated rings. The van der Waals surface area contributed by atoms with Gasteiger partial charge in [-0.3, -0.25) is 0 Å². The number of nitriles is 1. The predicted molar refractivity (Wildman–Crippen MR) is 62.2 cm³/mol. The van der Waals surface area contributed by atoms with Crippen LogP contribution in [0.5, 0.6) is 0 Å². The van der Waals surface area contributed by atoms with Crippen LogP contribution in [0, 0.1) is 18.3 Å². The Bertz CT molecular complexity index is 603. The molecule has 0 bridgehead atoms. The lowest BCUT2D eigenvalue weighted by Gasteiger charge is -2.05. The monoisotopic (exact) mass is 226 g/mol. The van der Waals surface area contributed by atoms with E-state index in [2.05, 4.69) is 6.07 Å². The van der Waals surface area contributed by atoms with Crippen LogP contribution in [-0.2, 0) is 0 Å². The third kappa shape index (κ3) is 2.04. The summed E-state index contributed by atoms with van der Waals surface area (Å²) in [5.41, 5.74) is 2.61. The molecule has 4 nitrogen and oxygen atoms in total. The number of aromatic nitrogens is 1. The number of hydrogen-bond acceptors (Lipinski definition) is 2. The first-order chi connectivity index (χ1) is 8.11. The summed E-state index contributed by atoms with van der Waals surface area (Å²) in [4.78, 5) is 10.7. The van der Waals surface area contributed by atoms with Crippen LogP contribution in [0.1, 0.15) is 21.6 Å². The van der Waals surface area contributed by atoms with Gasteiger partial charge >= 0.3 is 5.97 Å². The van der Waals surface area contributed by atoms with Gasteiger partial charge in [-0.2, -0.15) is 5.26 Å². The Morgan fingerprint density at radius 3 is 2.47 bits per heavy atom. The topological polar surface area (TPSA) is 66.0 Å². The predicted octanol–water partition coefficient (Wildman–Crippen LogP) is 2.36. The van der Waals surface area contributed by atoms with Gasteiger partial charge in [-0.05, 0) is 37.3 Å². The van der Waals surface area contributed by atoms with E-state index in [1.807, 2.05) is 11.5 Å². The van der Waals surface area contributed by atoms with Crippen molar-refractivity contribution in [2.45, 2.75) is 6.92 Å². The summed E-state index contributed by atoms with van der Waals surface area (Å²) < 4.78 is 1.85. The largest absolute Gasteiger partial charge is 0.478 e. The molecule has 1 aromatic carbocycles. The normalized spacial score (nSPS) is 9.88. The average molecular weight is 226 g/mol. The van der Waals surface area contributed by atoms with Gasteiger partial charge in [-0.1, -0.05) is 0 Å². The quantitative estimate of drug-likeness (QED) is 0.854. The Hall–Kier alpha value is -2.54. The molecule has 4 heteroatoms. The maximum absolute atomic E-state index is 10.7. The molecule has 2 rings (SSSR count). The van der Waals surface area contributed by atoms with Crippen molar-refractivity contribution >= 4 is 5.97 Å². The molecule has 0 atom stereocenters. The number of nitrogens with zero attached hydrogens (tertiary/aromatic N) is 2. The second kappa shape index (κ2) is 4.14. The number of carbonyl (C=O) groups is 1. The maximum atomic E-state index is 10.7. The molecule has 0 saturated carbocycles. The zero-order valence-corrected chi connectivity index (χ0v) is 9.21. The van der Waals surface area contributed by atoms with Crippen LogP contribution < -0.4 is 0 Å². The van der Waals surface area contributed by atoms with Crippen LogP contribution in [0.4, 0.5) is 0 Å². The summed E-state index contributed by atoms with van der Waals surface area (Å²) in [6.07, 6.45) is 1.73. The highest BCUT2D eigenvalue weighted by Gasteiger charge is 2.05. The second-order valence-electron chi connectivity index (χ2n) is 3.70. The molecule has 1 heterocycles. The van der Waals surface area contributed by atoms with Crippen LogP contribution in [0.15, 0.2) is 36.5 Å². The fourth-order valence-electron chi connectivity index (χ4n) is 1.68. The van der Waals surface area contributed by atoms with E-state index in [1.165, 1.54) is 0 Å². The van der Waals surface area contributed by atoms with E-state index in [0.717, 1.165) is 11.4 Å². The van der Waals surface area contributed by atoms with Gasteiger partial charge in [0.1, 0.15) is 6.07 Å². The fraction of sp³-hybridized carbons (Fsp3) is 0.0769. The second-order valence-corrected chi connectivity index (χ2v) is 3.70. The molecule has 0 unspecified atom stereocenters. The van der Waals surface area contributed by atoms with E-state index >= 15 is 0 Å². The first kappa shape index (κ1) is 11.0. The van der Waals surface area contributed by atoms with E-state index in [4.69, 9.17) is 10.4 Å². The number of benzene rings is 1. The number of hydrogen-bond donors (Lipinski definition) is 1. The SMILES string of the molecule is Cc1cc(C#N)cn1-c1ccc(C(=O)O)cc1. The molecular formula is C13H10N2O2. The lowest BCUT2D eigenvalue weighted by molar-refractivity contribution is 0.0697. The van der Waals surface area contributed by atoms with Crippen molar-refractivity contribution in [3.63, 3.8) is 0 Å². The number of carboxylic acid groups (broad SMARTS) is 1. The van der Waals surface area contributed by atoms with Crippen molar-refractivity contribution in [2.75, 3.05) is 0 Å². The van der Waals surface area contributed by atoms with E-state index in [-0.39, 0.29) is 5.56 Å². The van der Waals surface area contributed by atoms with Gasteiger partial charge in [0.05, 0.1) is 11.1 Å². The van der Waals surface area contributed by atoms with Gasteiger partial charge in [-0.15, -0.1) is 0 Å². The molecule has 17 heavy (non-hydrogen) atoms. The summed E-state index contributed by atoms with van der Waals surface area (Å²) in [6, 6.07) is 10.4. The molecule has 2 aromatic rings.